The van der Waals surface area contributed by atoms with Crippen LogP contribution in [0.15, 0.2) is 42.6 Å². The van der Waals surface area contributed by atoms with Gasteiger partial charge < -0.3 is 15.7 Å². The molecule has 2 amide bonds. The number of hydrogen-bond donors (Lipinski definition) is 2. The Morgan fingerprint density at radius 3 is 2.74 bits per heavy atom. The fraction of sp³-hybridized carbons (Fsp3) is 0.320. The third kappa shape index (κ3) is 5.85. The Labute approximate surface area is 198 Å². The van der Waals surface area contributed by atoms with E-state index in [4.69, 9.17) is 5.73 Å². The number of primary amides is 1. The Balaban J connectivity index is 1.98. The zero-order valence-electron chi connectivity index (χ0n) is 19.5. The molecule has 9 heteroatoms. The lowest BCUT2D eigenvalue weighted by molar-refractivity contribution is -0.117. The van der Waals surface area contributed by atoms with E-state index in [0.29, 0.717) is 48.6 Å². The van der Waals surface area contributed by atoms with E-state index in [1.54, 1.807) is 36.1 Å². The minimum Gasteiger partial charge on any atom is -0.378 e. The van der Waals surface area contributed by atoms with Gasteiger partial charge in [-0.25, -0.2) is 9.97 Å². The van der Waals surface area contributed by atoms with Gasteiger partial charge in [0.1, 0.15) is 11.3 Å². The average molecular weight is 461 g/mol. The molecule has 0 aliphatic rings. The van der Waals surface area contributed by atoms with Gasteiger partial charge >= 0.3 is 0 Å². The molecule has 34 heavy (non-hydrogen) atoms. The molecule has 1 atom stereocenters. The smallest absolute Gasteiger partial charge is 0.267 e. The predicted molar refractivity (Wildman–Crippen MR) is 128 cm³/mol. The van der Waals surface area contributed by atoms with E-state index in [1.165, 1.54) is 4.90 Å². The molecule has 9 nitrogen and oxygen atoms in total. The maximum atomic E-state index is 11.9. The van der Waals surface area contributed by atoms with E-state index >= 15 is 0 Å². The summed E-state index contributed by atoms with van der Waals surface area (Å²) in [6.45, 7) is 4.84. The highest BCUT2D eigenvalue weighted by molar-refractivity contribution is 5.92. The van der Waals surface area contributed by atoms with Gasteiger partial charge in [-0.2, -0.15) is 5.10 Å². The normalized spacial score (nSPS) is 12.4. The van der Waals surface area contributed by atoms with E-state index in [0.717, 1.165) is 12.1 Å². The van der Waals surface area contributed by atoms with Crippen LogP contribution < -0.4 is 5.73 Å². The molecule has 176 valence electrons. The monoisotopic (exact) mass is 460 g/mol. The molecule has 0 saturated heterocycles. The average Bonchev–Trinajstić information content (AvgIpc) is 3.35. The van der Waals surface area contributed by atoms with Gasteiger partial charge in [0.25, 0.3) is 5.91 Å². The lowest BCUT2D eigenvalue weighted by Crippen LogP contribution is -2.31. The number of aryl methyl sites for hydroxylation is 1. The first-order chi connectivity index (χ1) is 16.3. The highest BCUT2D eigenvalue weighted by Crippen LogP contribution is 2.23. The first-order valence-electron chi connectivity index (χ1n) is 11.0. The van der Waals surface area contributed by atoms with Gasteiger partial charge in [0.15, 0.2) is 5.82 Å². The number of hydrogen-bond acceptors (Lipinski definition) is 6. The summed E-state index contributed by atoms with van der Waals surface area (Å²) in [7, 11) is 1.65. The molecule has 0 radical (unpaired) electrons. The zero-order chi connectivity index (χ0) is 24.7. The molecule has 1 aromatic carbocycles. The molecule has 3 aromatic rings. The third-order valence-corrected chi connectivity index (χ3v) is 5.46. The lowest BCUT2D eigenvalue weighted by Gasteiger charge is -2.22. The van der Waals surface area contributed by atoms with Crippen LogP contribution in [0.4, 0.5) is 0 Å². The molecule has 0 aliphatic carbocycles. The van der Waals surface area contributed by atoms with Crippen LogP contribution in [-0.2, 0) is 11.3 Å². The van der Waals surface area contributed by atoms with Crippen LogP contribution in [-0.4, -0.2) is 61.3 Å². The number of nitrogens with two attached hydrogens (primary N) is 1. The van der Waals surface area contributed by atoms with E-state index in [-0.39, 0.29) is 5.69 Å². The molecule has 0 spiro atoms. The number of aliphatic hydroxyl groups is 1. The second-order valence-electron chi connectivity index (χ2n) is 7.91. The van der Waals surface area contributed by atoms with Crippen molar-refractivity contribution < 1.29 is 14.7 Å². The van der Waals surface area contributed by atoms with Crippen molar-refractivity contribution >= 4 is 12.3 Å². The summed E-state index contributed by atoms with van der Waals surface area (Å²) in [4.78, 5) is 33.2. The number of carbonyl (C=O) groups excluding carboxylic acids is 2. The van der Waals surface area contributed by atoms with Crippen LogP contribution >= 0.6 is 0 Å². The molecule has 0 saturated carbocycles. The topological polar surface area (TPSA) is 127 Å². The summed E-state index contributed by atoms with van der Waals surface area (Å²) in [5, 5.41) is 15.1. The largest absolute Gasteiger partial charge is 0.378 e. The van der Waals surface area contributed by atoms with Gasteiger partial charge in [-0.05, 0) is 37.6 Å². The molecule has 3 N–H and O–H groups in total. The highest BCUT2D eigenvalue weighted by Gasteiger charge is 2.22. The summed E-state index contributed by atoms with van der Waals surface area (Å²) in [5.41, 5.74) is 6.99. The van der Waals surface area contributed by atoms with Gasteiger partial charge in [-0.3, -0.25) is 14.3 Å². The van der Waals surface area contributed by atoms with Crippen molar-refractivity contribution in [2.24, 2.45) is 5.73 Å². The van der Waals surface area contributed by atoms with Crippen LogP contribution in [0.2, 0.25) is 0 Å². The first kappa shape index (κ1) is 24.6. The van der Waals surface area contributed by atoms with Gasteiger partial charge in [0.2, 0.25) is 6.41 Å². The van der Waals surface area contributed by atoms with Crippen molar-refractivity contribution in [1.29, 1.82) is 0 Å². The number of amides is 2. The number of rotatable bonds is 9. The Morgan fingerprint density at radius 2 is 2.06 bits per heavy atom. The summed E-state index contributed by atoms with van der Waals surface area (Å²) in [5.74, 6) is 5.63. The predicted octanol–water partition coefficient (Wildman–Crippen LogP) is 2.10. The molecule has 3 rings (SSSR count). The zero-order valence-corrected chi connectivity index (χ0v) is 19.5. The fourth-order valence-corrected chi connectivity index (χ4v) is 3.30. The van der Waals surface area contributed by atoms with Crippen molar-refractivity contribution in [3.63, 3.8) is 0 Å². The summed E-state index contributed by atoms with van der Waals surface area (Å²) >= 11 is 0. The van der Waals surface area contributed by atoms with Crippen LogP contribution in [0.25, 0.3) is 22.8 Å². The lowest BCUT2D eigenvalue weighted by atomic mass is 9.96. The van der Waals surface area contributed by atoms with Gasteiger partial charge in [-0.15, -0.1) is 0 Å². The van der Waals surface area contributed by atoms with Crippen LogP contribution in [0.3, 0.4) is 0 Å². The molecule has 2 aromatic heterocycles. The van der Waals surface area contributed by atoms with E-state index in [9.17, 15) is 14.7 Å². The number of carbonyl (C=O) groups is 2. The summed E-state index contributed by atoms with van der Waals surface area (Å²) in [6, 6.07) is 10.6. The van der Waals surface area contributed by atoms with Crippen molar-refractivity contribution in [1.82, 2.24) is 24.6 Å². The van der Waals surface area contributed by atoms with Crippen LogP contribution in [0, 0.1) is 11.8 Å². The fourth-order valence-electron chi connectivity index (χ4n) is 3.30. The molecule has 1 unspecified atom stereocenters. The SMILES string of the molecule is CCn1nccc1-c1cc(C(N)=O)nc(-c2cccc(C#CC(O)(CC)CCN(C)C=O)c2)n1. The summed E-state index contributed by atoms with van der Waals surface area (Å²) < 4.78 is 1.77. The molecule has 2 heterocycles. The molecular formula is C25H28N6O3. The minimum atomic E-state index is -1.22. The maximum Gasteiger partial charge on any atom is 0.267 e. The molecular weight excluding hydrogens is 432 g/mol. The second kappa shape index (κ2) is 10.7. The Morgan fingerprint density at radius 1 is 1.26 bits per heavy atom. The first-order valence-corrected chi connectivity index (χ1v) is 11.0. The molecule has 0 fully saturated rings. The third-order valence-electron chi connectivity index (χ3n) is 5.46. The Kier molecular flexibility index (Phi) is 7.76. The maximum absolute atomic E-state index is 11.9. The quantitative estimate of drug-likeness (QED) is 0.372. The van der Waals surface area contributed by atoms with Gasteiger partial charge in [0, 0.05) is 43.9 Å². The highest BCUT2D eigenvalue weighted by atomic mass is 16.3. The van der Waals surface area contributed by atoms with E-state index in [1.807, 2.05) is 32.0 Å². The number of benzene rings is 1. The minimum absolute atomic E-state index is 0.0972. The number of aromatic nitrogens is 4. The second-order valence-corrected chi connectivity index (χ2v) is 7.91. The molecule has 0 bridgehead atoms. The van der Waals surface area contributed by atoms with Crippen molar-refractivity contribution in [2.75, 3.05) is 13.6 Å². The standard InChI is InChI=1S/C25H28N6O3/c1-4-25(34,12-14-30(3)17-32)11-9-18-7-6-8-19(15-18)24-28-20(16-21(29-24)23(26)33)22-10-13-27-31(22)5-2/h6-8,10,13,15-17,34H,4-5,12,14H2,1-3H3,(H2,26,33). The van der Waals surface area contributed by atoms with Crippen molar-refractivity contribution in [2.45, 2.75) is 38.8 Å². The van der Waals surface area contributed by atoms with Crippen LogP contribution in [0.1, 0.15) is 42.7 Å². The van der Waals surface area contributed by atoms with Gasteiger partial charge in [0.05, 0.1) is 11.4 Å². The van der Waals surface area contributed by atoms with Gasteiger partial charge in [-0.1, -0.05) is 30.9 Å². The van der Waals surface area contributed by atoms with E-state index in [2.05, 4.69) is 26.9 Å². The van der Waals surface area contributed by atoms with E-state index < -0.39 is 11.5 Å². The Hall–Kier alpha value is -4.03. The van der Waals surface area contributed by atoms with Crippen molar-refractivity contribution in [3.8, 4) is 34.6 Å². The Bertz CT molecular complexity index is 1240. The molecule has 0 aliphatic heterocycles. The number of nitrogens with zero attached hydrogens (tertiary/aromatic N) is 5. The summed E-state index contributed by atoms with van der Waals surface area (Å²) in [6.07, 6.45) is 3.14. The van der Waals surface area contributed by atoms with Crippen molar-refractivity contribution in [3.05, 3.63) is 53.9 Å². The van der Waals surface area contributed by atoms with Crippen LogP contribution in [0.5, 0.6) is 0 Å².